The van der Waals surface area contributed by atoms with Gasteiger partial charge in [0.1, 0.15) is 0 Å². The van der Waals surface area contributed by atoms with Crippen molar-refractivity contribution < 1.29 is 8.42 Å². The zero-order chi connectivity index (χ0) is 14.6. The minimum Gasteiger partial charge on any atom is -0.309 e. The van der Waals surface area contributed by atoms with Gasteiger partial charge in [-0.05, 0) is 56.0 Å². The number of hydrogen-bond donors (Lipinski definition) is 0. The molecule has 0 aliphatic heterocycles. The first-order valence-corrected chi connectivity index (χ1v) is 9.24. The van der Waals surface area contributed by atoms with Gasteiger partial charge in [0.25, 0.3) is 0 Å². The highest BCUT2D eigenvalue weighted by molar-refractivity contribution is 9.11. The van der Waals surface area contributed by atoms with Gasteiger partial charge in [0.05, 0.1) is 8.68 Å². The molecule has 110 valence electrons. The van der Waals surface area contributed by atoms with Gasteiger partial charge in [-0.15, -0.1) is 11.3 Å². The van der Waals surface area contributed by atoms with Gasteiger partial charge in [-0.25, -0.2) is 8.42 Å². The number of hydrogen-bond acceptors (Lipinski definition) is 4. The minimum atomic E-state index is -3.36. The normalized spacial score (nSPS) is 12.6. The molecule has 1 aromatic rings. The molecule has 0 N–H and O–H groups in total. The fourth-order valence-electron chi connectivity index (χ4n) is 1.84. The molecule has 0 unspecified atom stereocenters. The van der Waals surface area contributed by atoms with E-state index in [2.05, 4.69) is 20.8 Å². The first kappa shape index (κ1) is 17.1. The third-order valence-electron chi connectivity index (χ3n) is 2.83. The third kappa shape index (κ3) is 4.53. The largest absolute Gasteiger partial charge is 0.309 e. The Labute approximate surface area is 128 Å². The molecule has 4 nitrogen and oxygen atoms in total. The molecule has 0 aliphatic rings. The predicted octanol–water partition coefficient (Wildman–Crippen LogP) is 2.78. The number of halogens is 1. The zero-order valence-corrected chi connectivity index (χ0v) is 15.0. The topological polar surface area (TPSA) is 40.6 Å². The van der Waals surface area contributed by atoms with Crippen molar-refractivity contribution in [3.05, 3.63) is 14.7 Å². The lowest BCUT2D eigenvalue weighted by atomic mass is 10.4. The van der Waals surface area contributed by atoms with Gasteiger partial charge in [0.2, 0.25) is 10.0 Å². The van der Waals surface area contributed by atoms with Gasteiger partial charge in [-0.2, -0.15) is 4.31 Å². The van der Waals surface area contributed by atoms with Crippen LogP contribution in [0.4, 0.5) is 0 Å². The second kappa shape index (κ2) is 7.17. The van der Waals surface area contributed by atoms with E-state index in [1.807, 2.05) is 27.9 Å². The highest BCUT2D eigenvalue weighted by Crippen LogP contribution is 2.31. The molecule has 0 spiro atoms. The van der Waals surface area contributed by atoms with Crippen molar-refractivity contribution in [3.63, 3.8) is 0 Å². The average molecular weight is 369 g/mol. The molecular weight excluding hydrogens is 348 g/mol. The Balaban J connectivity index is 2.87. The summed E-state index contributed by atoms with van der Waals surface area (Å²) in [5.74, 6) is 0. The monoisotopic (exact) mass is 368 g/mol. The Morgan fingerprint density at radius 3 is 2.37 bits per heavy atom. The lowest BCUT2D eigenvalue weighted by molar-refractivity contribution is 0.356. The van der Waals surface area contributed by atoms with E-state index in [1.165, 1.54) is 11.3 Å². The summed E-state index contributed by atoms with van der Waals surface area (Å²) in [4.78, 5) is 3.32. The molecule has 1 aromatic heterocycles. The number of sulfonamides is 1. The summed E-state index contributed by atoms with van der Waals surface area (Å²) in [5, 5.41) is 0. The highest BCUT2D eigenvalue weighted by Gasteiger charge is 2.26. The second-order valence-corrected chi connectivity index (χ2v) is 9.17. The standard InChI is InChI=1S/C12H21BrN2O2S2/c1-5-15(8-6-7-14(3)4)19(16,17)11-9-12(13)18-10(11)2/h9H,5-8H2,1-4H3. The van der Waals surface area contributed by atoms with E-state index in [1.54, 1.807) is 10.4 Å². The van der Waals surface area contributed by atoms with E-state index in [0.717, 1.165) is 21.6 Å². The summed E-state index contributed by atoms with van der Waals surface area (Å²) in [6.45, 7) is 5.67. The van der Waals surface area contributed by atoms with Crippen molar-refractivity contribution in [2.45, 2.75) is 25.2 Å². The smallest absolute Gasteiger partial charge is 0.244 e. The SMILES string of the molecule is CCN(CCCN(C)C)S(=O)(=O)c1cc(Br)sc1C. The van der Waals surface area contributed by atoms with Crippen LogP contribution in [0.15, 0.2) is 14.7 Å². The Kier molecular flexibility index (Phi) is 6.46. The molecule has 0 bridgehead atoms. The van der Waals surface area contributed by atoms with E-state index in [0.29, 0.717) is 18.0 Å². The number of aryl methyl sites for hydroxylation is 1. The Morgan fingerprint density at radius 1 is 1.32 bits per heavy atom. The fraction of sp³-hybridized carbons (Fsp3) is 0.667. The van der Waals surface area contributed by atoms with Crippen molar-refractivity contribution in [1.82, 2.24) is 9.21 Å². The number of rotatable bonds is 7. The van der Waals surface area contributed by atoms with Crippen LogP contribution in [0.25, 0.3) is 0 Å². The number of nitrogens with zero attached hydrogens (tertiary/aromatic N) is 2. The Bertz CT molecular complexity index is 512. The van der Waals surface area contributed by atoms with Gasteiger partial charge < -0.3 is 4.90 Å². The van der Waals surface area contributed by atoms with Crippen LogP contribution in [0, 0.1) is 6.92 Å². The van der Waals surface area contributed by atoms with Crippen molar-refractivity contribution in [3.8, 4) is 0 Å². The predicted molar refractivity (Wildman–Crippen MR) is 84.4 cm³/mol. The first-order valence-electron chi connectivity index (χ1n) is 6.19. The van der Waals surface area contributed by atoms with Crippen LogP contribution in [0.2, 0.25) is 0 Å². The van der Waals surface area contributed by atoms with Gasteiger partial charge in [0, 0.05) is 18.0 Å². The van der Waals surface area contributed by atoms with E-state index in [4.69, 9.17) is 0 Å². The molecule has 1 heterocycles. The maximum Gasteiger partial charge on any atom is 0.244 e. The van der Waals surface area contributed by atoms with Gasteiger partial charge in [0.15, 0.2) is 0 Å². The second-order valence-electron chi connectivity index (χ2n) is 4.62. The van der Waals surface area contributed by atoms with Crippen molar-refractivity contribution in [2.24, 2.45) is 0 Å². The number of thiophene rings is 1. The van der Waals surface area contributed by atoms with E-state index in [9.17, 15) is 8.42 Å². The molecule has 7 heteroatoms. The van der Waals surface area contributed by atoms with Crippen molar-refractivity contribution >= 4 is 37.3 Å². The molecule has 0 fully saturated rings. The van der Waals surface area contributed by atoms with E-state index in [-0.39, 0.29) is 0 Å². The van der Waals surface area contributed by atoms with Crippen LogP contribution in [0.5, 0.6) is 0 Å². The van der Waals surface area contributed by atoms with Crippen LogP contribution in [0.3, 0.4) is 0 Å². The summed E-state index contributed by atoms with van der Waals surface area (Å²) < 4.78 is 27.6. The quantitative estimate of drug-likeness (QED) is 0.742. The Morgan fingerprint density at radius 2 is 1.95 bits per heavy atom. The minimum absolute atomic E-state index is 0.427. The lowest BCUT2D eigenvalue weighted by Crippen LogP contribution is -2.33. The zero-order valence-electron chi connectivity index (χ0n) is 11.8. The molecule has 0 atom stereocenters. The van der Waals surface area contributed by atoms with Crippen LogP contribution in [-0.2, 0) is 10.0 Å². The van der Waals surface area contributed by atoms with Gasteiger partial charge >= 0.3 is 0 Å². The molecular formula is C12H21BrN2O2S2. The van der Waals surface area contributed by atoms with Crippen LogP contribution in [-0.4, -0.2) is 51.4 Å². The summed E-state index contributed by atoms with van der Waals surface area (Å²) in [5.41, 5.74) is 0. The lowest BCUT2D eigenvalue weighted by Gasteiger charge is -2.21. The van der Waals surface area contributed by atoms with E-state index < -0.39 is 10.0 Å². The molecule has 19 heavy (non-hydrogen) atoms. The summed E-state index contributed by atoms with van der Waals surface area (Å²) in [6, 6.07) is 1.70. The fourth-order valence-corrected chi connectivity index (χ4v) is 5.71. The van der Waals surface area contributed by atoms with Crippen LogP contribution >= 0.6 is 27.3 Å². The third-order valence-corrected chi connectivity index (χ3v) is 6.61. The summed E-state index contributed by atoms with van der Waals surface area (Å²) >= 11 is 4.80. The van der Waals surface area contributed by atoms with Crippen LogP contribution < -0.4 is 0 Å². The van der Waals surface area contributed by atoms with Crippen LogP contribution in [0.1, 0.15) is 18.2 Å². The van der Waals surface area contributed by atoms with E-state index >= 15 is 0 Å². The molecule has 0 aromatic carbocycles. The van der Waals surface area contributed by atoms with Gasteiger partial charge in [-0.3, -0.25) is 0 Å². The highest BCUT2D eigenvalue weighted by atomic mass is 79.9. The maximum atomic E-state index is 12.6. The molecule has 0 radical (unpaired) electrons. The molecule has 1 rings (SSSR count). The average Bonchev–Trinajstić information content (AvgIpc) is 2.64. The maximum absolute atomic E-state index is 12.6. The van der Waals surface area contributed by atoms with Gasteiger partial charge in [-0.1, -0.05) is 6.92 Å². The summed E-state index contributed by atoms with van der Waals surface area (Å²) in [6.07, 6.45) is 0.838. The summed E-state index contributed by atoms with van der Waals surface area (Å²) in [7, 11) is 0.618. The Hall–Kier alpha value is 0.0500. The molecule has 0 saturated carbocycles. The molecule has 0 saturated heterocycles. The van der Waals surface area contributed by atoms with Crippen molar-refractivity contribution in [1.29, 1.82) is 0 Å². The molecule has 0 aliphatic carbocycles. The molecule has 0 amide bonds. The first-order chi connectivity index (χ1) is 8.78. The van der Waals surface area contributed by atoms with Crippen molar-refractivity contribution in [2.75, 3.05) is 33.7 Å².